The van der Waals surface area contributed by atoms with Crippen molar-refractivity contribution in [3.63, 3.8) is 0 Å². The van der Waals surface area contributed by atoms with E-state index in [4.69, 9.17) is 5.11 Å². The third kappa shape index (κ3) is 4.20. The summed E-state index contributed by atoms with van der Waals surface area (Å²) in [6, 6.07) is 14.3. The van der Waals surface area contributed by atoms with Crippen LogP contribution in [0.25, 0.3) is 11.1 Å². The third-order valence-electron chi connectivity index (χ3n) is 3.98. The van der Waals surface area contributed by atoms with E-state index in [2.05, 4.69) is 0 Å². The number of carboxylic acids is 1. The van der Waals surface area contributed by atoms with Crippen LogP contribution in [0.5, 0.6) is 11.5 Å². The van der Waals surface area contributed by atoms with Crippen LogP contribution >= 0.6 is 0 Å². The molecule has 3 aromatic rings. The molecular weight excluding hydrogens is 318 g/mol. The minimum absolute atomic E-state index is 0.0107. The van der Waals surface area contributed by atoms with E-state index in [9.17, 15) is 15.0 Å². The fraction of sp³-hybridized carbons (Fsp3) is 0.150. The fourth-order valence-electron chi connectivity index (χ4n) is 2.92. The van der Waals surface area contributed by atoms with Crippen LogP contribution in [0.2, 0.25) is 0 Å². The van der Waals surface area contributed by atoms with Crippen LogP contribution in [-0.2, 0) is 17.8 Å². The van der Waals surface area contributed by atoms with Crippen LogP contribution in [0.1, 0.15) is 17.5 Å². The van der Waals surface area contributed by atoms with E-state index in [1.54, 1.807) is 12.1 Å². The third-order valence-corrected chi connectivity index (χ3v) is 3.98. The number of aryl methyl sites for hydroxylation is 1. The molecule has 0 amide bonds. The molecule has 0 atom stereocenters. The molecule has 5 heteroatoms. The van der Waals surface area contributed by atoms with E-state index in [0.29, 0.717) is 13.0 Å². The van der Waals surface area contributed by atoms with Crippen molar-refractivity contribution < 1.29 is 20.1 Å². The molecule has 1 aromatic heterocycles. The van der Waals surface area contributed by atoms with Crippen LogP contribution < -0.4 is 0 Å². The maximum atomic E-state index is 10.9. The highest BCUT2D eigenvalue weighted by Gasteiger charge is 2.11. The van der Waals surface area contributed by atoms with Crippen molar-refractivity contribution in [2.45, 2.75) is 19.4 Å². The van der Waals surface area contributed by atoms with Gasteiger partial charge in [0.1, 0.15) is 11.5 Å². The molecule has 3 N–H and O–H groups in total. The average Bonchev–Trinajstić information content (AvgIpc) is 2.95. The van der Waals surface area contributed by atoms with Crippen LogP contribution in [-0.4, -0.2) is 25.9 Å². The van der Waals surface area contributed by atoms with Gasteiger partial charge < -0.3 is 19.9 Å². The van der Waals surface area contributed by atoms with Crippen molar-refractivity contribution in [3.8, 4) is 22.6 Å². The number of carbonyl (C=O) groups is 1. The van der Waals surface area contributed by atoms with Crippen molar-refractivity contribution in [1.29, 1.82) is 0 Å². The Labute approximate surface area is 145 Å². The summed E-state index contributed by atoms with van der Waals surface area (Å²) in [5.41, 5.74) is 3.74. The van der Waals surface area contributed by atoms with Gasteiger partial charge in [0.25, 0.3) is 0 Å². The number of carboxylic acid groups (broad SMARTS) is 1. The number of phenols is 2. The summed E-state index contributed by atoms with van der Waals surface area (Å²) in [5.74, 6) is -0.808. The molecule has 0 radical (unpaired) electrons. The monoisotopic (exact) mass is 337 g/mol. The Morgan fingerprint density at radius 2 is 1.64 bits per heavy atom. The number of nitrogens with zero attached hydrogens (tertiary/aromatic N) is 1. The van der Waals surface area contributed by atoms with Gasteiger partial charge in [-0.05, 0) is 35.2 Å². The Hall–Kier alpha value is -3.21. The number of rotatable bonds is 6. The largest absolute Gasteiger partial charge is 0.508 e. The van der Waals surface area contributed by atoms with Gasteiger partial charge in [-0.3, -0.25) is 4.79 Å². The Balaban J connectivity index is 1.93. The standard InChI is InChI=1S/C20H19NO4/c22-17-8-14(9-18(23)10-17)11-21-12-16(6-7-20(24)25)19(13-21)15-4-2-1-3-5-15/h1-5,8-10,12-13,22-23H,6-7,11H2,(H,24,25). The number of hydrogen-bond acceptors (Lipinski definition) is 3. The highest BCUT2D eigenvalue weighted by molar-refractivity contribution is 5.70. The van der Waals surface area contributed by atoms with Crippen LogP contribution in [0.4, 0.5) is 0 Å². The number of aromatic nitrogens is 1. The second-order valence-electron chi connectivity index (χ2n) is 5.99. The first-order valence-electron chi connectivity index (χ1n) is 7.99. The molecular formula is C20H19NO4. The quantitative estimate of drug-likeness (QED) is 0.641. The van der Waals surface area contributed by atoms with Crippen molar-refractivity contribution in [2.24, 2.45) is 0 Å². The Morgan fingerprint density at radius 3 is 2.28 bits per heavy atom. The van der Waals surface area contributed by atoms with Gasteiger partial charge in [0.2, 0.25) is 0 Å². The molecule has 0 unspecified atom stereocenters. The summed E-state index contributed by atoms with van der Waals surface area (Å²) in [4.78, 5) is 10.9. The van der Waals surface area contributed by atoms with E-state index < -0.39 is 5.97 Å². The molecule has 0 aliphatic heterocycles. The molecule has 25 heavy (non-hydrogen) atoms. The Morgan fingerprint density at radius 1 is 0.960 bits per heavy atom. The predicted octanol–water partition coefficient (Wildman–Crippen LogP) is 3.63. The van der Waals surface area contributed by atoms with Gasteiger partial charge >= 0.3 is 5.97 Å². The molecule has 0 spiro atoms. The lowest BCUT2D eigenvalue weighted by Crippen LogP contribution is -1.98. The SMILES string of the molecule is O=C(O)CCc1cn(Cc2cc(O)cc(O)c2)cc1-c1ccccc1. The Kier molecular flexibility index (Phi) is 4.75. The summed E-state index contributed by atoms with van der Waals surface area (Å²) in [7, 11) is 0. The summed E-state index contributed by atoms with van der Waals surface area (Å²) >= 11 is 0. The minimum atomic E-state index is -0.829. The molecule has 0 saturated heterocycles. The first kappa shape index (κ1) is 16.6. The van der Waals surface area contributed by atoms with Crippen LogP contribution in [0, 0.1) is 0 Å². The van der Waals surface area contributed by atoms with Crippen LogP contribution in [0.3, 0.4) is 0 Å². The van der Waals surface area contributed by atoms with Crippen molar-refractivity contribution >= 4 is 5.97 Å². The van der Waals surface area contributed by atoms with Gasteiger partial charge in [0, 0.05) is 37.0 Å². The predicted molar refractivity (Wildman–Crippen MR) is 94.7 cm³/mol. The number of phenolic OH excluding ortho intramolecular Hbond substituents is 2. The van der Waals surface area contributed by atoms with Crippen LogP contribution in [0.15, 0.2) is 60.9 Å². The molecule has 1 heterocycles. The molecule has 2 aromatic carbocycles. The molecule has 0 bridgehead atoms. The van der Waals surface area contributed by atoms with Gasteiger partial charge in [-0.25, -0.2) is 0 Å². The first-order valence-corrected chi connectivity index (χ1v) is 7.99. The zero-order chi connectivity index (χ0) is 17.8. The van der Waals surface area contributed by atoms with Crippen molar-refractivity contribution in [2.75, 3.05) is 0 Å². The maximum Gasteiger partial charge on any atom is 0.303 e. The van der Waals surface area contributed by atoms with Gasteiger partial charge in [-0.1, -0.05) is 30.3 Å². The number of benzene rings is 2. The number of hydrogen-bond donors (Lipinski definition) is 3. The molecule has 0 aliphatic rings. The molecule has 128 valence electrons. The van der Waals surface area contributed by atoms with Gasteiger partial charge in [0.05, 0.1) is 0 Å². The fourth-order valence-corrected chi connectivity index (χ4v) is 2.92. The molecule has 3 rings (SSSR count). The van der Waals surface area contributed by atoms with Crippen molar-refractivity contribution in [1.82, 2.24) is 4.57 Å². The molecule has 0 saturated carbocycles. The first-order chi connectivity index (χ1) is 12.0. The number of aromatic hydroxyl groups is 2. The van der Waals surface area contributed by atoms with E-state index in [-0.39, 0.29) is 17.9 Å². The lowest BCUT2D eigenvalue weighted by molar-refractivity contribution is -0.136. The summed E-state index contributed by atoms with van der Waals surface area (Å²) < 4.78 is 1.94. The van der Waals surface area contributed by atoms with Gasteiger partial charge in [-0.15, -0.1) is 0 Å². The minimum Gasteiger partial charge on any atom is -0.508 e. The van der Waals surface area contributed by atoms with E-state index >= 15 is 0 Å². The molecule has 0 fully saturated rings. The zero-order valence-electron chi connectivity index (χ0n) is 13.6. The summed E-state index contributed by atoms with van der Waals surface area (Å²) in [6.45, 7) is 0.467. The average molecular weight is 337 g/mol. The summed E-state index contributed by atoms with van der Waals surface area (Å²) in [6.07, 6.45) is 4.40. The lowest BCUT2D eigenvalue weighted by Gasteiger charge is -2.05. The van der Waals surface area contributed by atoms with E-state index in [1.807, 2.05) is 47.3 Å². The highest BCUT2D eigenvalue weighted by Crippen LogP contribution is 2.27. The zero-order valence-corrected chi connectivity index (χ0v) is 13.6. The molecule has 0 aliphatic carbocycles. The lowest BCUT2D eigenvalue weighted by atomic mass is 10.0. The normalized spacial score (nSPS) is 10.7. The van der Waals surface area contributed by atoms with E-state index in [1.165, 1.54) is 6.07 Å². The Bertz CT molecular complexity index is 864. The smallest absolute Gasteiger partial charge is 0.303 e. The van der Waals surface area contributed by atoms with Gasteiger partial charge in [-0.2, -0.15) is 0 Å². The topological polar surface area (TPSA) is 82.7 Å². The summed E-state index contributed by atoms with van der Waals surface area (Å²) in [5, 5.41) is 28.2. The van der Waals surface area contributed by atoms with E-state index in [0.717, 1.165) is 22.3 Å². The maximum absolute atomic E-state index is 10.9. The van der Waals surface area contributed by atoms with Crippen molar-refractivity contribution in [3.05, 3.63) is 72.1 Å². The number of aliphatic carboxylic acids is 1. The van der Waals surface area contributed by atoms with Gasteiger partial charge in [0.15, 0.2) is 0 Å². The molecule has 5 nitrogen and oxygen atoms in total. The second kappa shape index (κ2) is 7.13. The second-order valence-corrected chi connectivity index (χ2v) is 5.99. The highest BCUT2D eigenvalue weighted by atomic mass is 16.4.